The zero-order chi connectivity index (χ0) is 25.9. The molecule has 0 spiro atoms. The average molecular weight is 496 g/mol. The van der Waals surface area contributed by atoms with Crippen molar-refractivity contribution < 1.29 is 33.2 Å². The number of halogens is 1. The Morgan fingerprint density at radius 3 is 2.33 bits per heavy atom. The molecule has 0 saturated heterocycles. The van der Waals surface area contributed by atoms with E-state index in [0.717, 1.165) is 0 Å². The van der Waals surface area contributed by atoms with Gasteiger partial charge in [-0.25, -0.2) is 9.18 Å². The summed E-state index contributed by atoms with van der Waals surface area (Å²) in [5.41, 5.74) is 0.926. The van der Waals surface area contributed by atoms with Gasteiger partial charge in [-0.1, -0.05) is 42.5 Å². The van der Waals surface area contributed by atoms with E-state index in [1.807, 2.05) is 25.1 Å². The maximum atomic E-state index is 14.2. The summed E-state index contributed by atoms with van der Waals surface area (Å²) in [5.74, 6) is 0.612. The second-order valence-electron chi connectivity index (χ2n) is 7.88. The van der Waals surface area contributed by atoms with Crippen LogP contribution >= 0.6 is 0 Å². The Balaban J connectivity index is 1.53. The standard InChI is InChI=1S/C28H30FNO6/c1-19(36-27-11-7-6-10-26(27)33-2)30-17-21(31)18-35-22-14-12-20(13-15-22)16-24(28(32)34-3)23-8-4-5-9-25(23)29/h4-16,19,21,30-31H,17-18H2,1-3H3. The van der Waals surface area contributed by atoms with Crippen molar-refractivity contribution in [3.05, 3.63) is 89.7 Å². The second kappa shape index (κ2) is 13.3. The summed E-state index contributed by atoms with van der Waals surface area (Å²) in [6, 6.07) is 20.2. The topological polar surface area (TPSA) is 86.3 Å². The summed E-state index contributed by atoms with van der Waals surface area (Å²) in [5, 5.41) is 13.4. The number of hydrogen-bond acceptors (Lipinski definition) is 7. The van der Waals surface area contributed by atoms with E-state index in [1.54, 1.807) is 55.7 Å². The van der Waals surface area contributed by atoms with Crippen LogP contribution in [0.1, 0.15) is 18.1 Å². The first-order chi connectivity index (χ1) is 17.4. The van der Waals surface area contributed by atoms with Crippen LogP contribution in [-0.2, 0) is 9.53 Å². The SMILES string of the molecule is COC(=O)C(=Cc1ccc(OCC(O)CNC(C)Oc2ccccc2OC)cc1)c1ccccc1F. The predicted molar refractivity (Wildman–Crippen MR) is 135 cm³/mol. The molecule has 0 saturated carbocycles. The minimum Gasteiger partial charge on any atom is -0.493 e. The van der Waals surface area contributed by atoms with Gasteiger partial charge in [0.2, 0.25) is 0 Å². The van der Waals surface area contributed by atoms with E-state index >= 15 is 0 Å². The molecule has 190 valence electrons. The van der Waals surface area contributed by atoms with Crippen LogP contribution in [0.4, 0.5) is 4.39 Å². The van der Waals surface area contributed by atoms with E-state index in [1.165, 1.54) is 19.2 Å². The highest BCUT2D eigenvalue weighted by atomic mass is 19.1. The lowest BCUT2D eigenvalue weighted by atomic mass is 10.0. The maximum absolute atomic E-state index is 14.2. The van der Waals surface area contributed by atoms with Gasteiger partial charge < -0.3 is 24.1 Å². The molecule has 7 nitrogen and oxygen atoms in total. The van der Waals surface area contributed by atoms with Gasteiger partial charge in [0, 0.05) is 12.1 Å². The number of carbonyl (C=O) groups is 1. The van der Waals surface area contributed by atoms with Gasteiger partial charge in [0.15, 0.2) is 11.5 Å². The van der Waals surface area contributed by atoms with Crippen molar-refractivity contribution in [1.29, 1.82) is 0 Å². The Morgan fingerprint density at radius 1 is 1.00 bits per heavy atom. The molecule has 0 radical (unpaired) electrons. The third-order valence-corrected chi connectivity index (χ3v) is 5.22. The molecular formula is C28H30FNO6. The van der Waals surface area contributed by atoms with Crippen LogP contribution in [0.2, 0.25) is 0 Å². The third-order valence-electron chi connectivity index (χ3n) is 5.22. The van der Waals surface area contributed by atoms with E-state index in [-0.39, 0.29) is 30.5 Å². The molecule has 3 aromatic carbocycles. The molecule has 0 aromatic heterocycles. The smallest absolute Gasteiger partial charge is 0.338 e. The van der Waals surface area contributed by atoms with Crippen molar-refractivity contribution in [2.45, 2.75) is 19.3 Å². The number of benzene rings is 3. The highest BCUT2D eigenvalue weighted by Crippen LogP contribution is 2.26. The second-order valence-corrected chi connectivity index (χ2v) is 7.88. The lowest BCUT2D eigenvalue weighted by Gasteiger charge is -2.20. The number of ether oxygens (including phenoxy) is 4. The van der Waals surface area contributed by atoms with Crippen molar-refractivity contribution >= 4 is 17.6 Å². The van der Waals surface area contributed by atoms with Crippen molar-refractivity contribution in [2.75, 3.05) is 27.4 Å². The van der Waals surface area contributed by atoms with Crippen LogP contribution in [0, 0.1) is 5.82 Å². The molecule has 36 heavy (non-hydrogen) atoms. The number of hydrogen-bond donors (Lipinski definition) is 2. The van der Waals surface area contributed by atoms with Crippen LogP contribution in [0.3, 0.4) is 0 Å². The number of esters is 1. The number of nitrogens with one attached hydrogen (secondary N) is 1. The Labute approximate surface area is 210 Å². The minimum atomic E-state index is -0.778. The van der Waals surface area contributed by atoms with E-state index < -0.39 is 17.9 Å². The van der Waals surface area contributed by atoms with Gasteiger partial charge in [-0.3, -0.25) is 5.32 Å². The Morgan fingerprint density at radius 2 is 1.67 bits per heavy atom. The first-order valence-corrected chi connectivity index (χ1v) is 11.4. The fourth-order valence-electron chi connectivity index (χ4n) is 3.36. The van der Waals surface area contributed by atoms with Gasteiger partial charge in [-0.2, -0.15) is 0 Å². The summed E-state index contributed by atoms with van der Waals surface area (Å²) in [7, 11) is 2.82. The number of rotatable bonds is 12. The summed E-state index contributed by atoms with van der Waals surface area (Å²) >= 11 is 0. The highest BCUT2D eigenvalue weighted by Gasteiger charge is 2.16. The Bertz CT molecular complexity index is 1160. The van der Waals surface area contributed by atoms with Gasteiger partial charge in [-0.05, 0) is 48.9 Å². The third kappa shape index (κ3) is 7.56. The number of carbonyl (C=O) groups excluding carboxylic acids is 1. The zero-order valence-corrected chi connectivity index (χ0v) is 20.4. The molecule has 0 aliphatic carbocycles. The van der Waals surface area contributed by atoms with Crippen LogP contribution in [-0.4, -0.2) is 50.8 Å². The van der Waals surface area contributed by atoms with Crippen molar-refractivity contribution in [2.24, 2.45) is 0 Å². The monoisotopic (exact) mass is 495 g/mol. The number of para-hydroxylation sites is 2. The summed E-state index contributed by atoms with van der Waals surface area (Å²) in [6.07, 6.45) is 0.413. The molecule has 0 aliphatic rings. The van der Waals surface area contributed by atoms with Crippen molar-refractivity contribution in [3.63, 3.8) is 0 Å². The Hall–Kier alpha value is -3.88. The summed E-state index contributed by atoms with van der Waals surface area (Å²) < 4.78 is 35.8. The molecule has 3 aromatic rings. The number of aliphatic hydroxyl groups is 1. The van der Waals surface area contributed by atoms with Crippen LogP contribution in [0.25, 0.3) is 11.6 Å². The molecule has 0 aliphatic heterocycles. The Kier molecular flexibility index (Phi) is 9.85. The zero-order valence-electron chi connectivity index (χ0n) is 20.4. The molecular weight excluding hydrogens is 465 g/mol. The van der Waals surface area contributed by atoms with E-state index in [0.29, 0.717) is 22.8 Å². The molecule has 2 unspecified atom stereocenters. The largest absolute Gasteiger partial charge is 0.493 e. The lowest BCUT2D eigenvalue weighted by Crippen LogP contribution is -2.39. The van der Waals surface area contributed by atoms with Crippen LogP contribution < -0.4 is 19.5 Å². The normalized spacial score (nSPS) is 13.0. The van der Waals surface area contributed by atoms with Crippen molar-refractivity contribution in [3.8, 4) is 17.2 Å². The highest BCUT2D eigenvalue weighted by molar-refractivity contribution is 6.21. The molecule has 0 bridgehead atoms. The molecule has 0 heterocycles. The number of methoxy groups -OCH3 is 2. The summed E-state index contributed by atoms with van der Waals surface area (Å²) in [6.45, 7) is 2.14. The van der Waals surface area contributed by atoms with E-state index in [2.05, 4.69) is 5.32 Å². The minimum absolute atomic E-state index is 0.0617. The van der Waals surface area contributed by atoms with Crippen LogP contribution in [0.5, 0.6) is 17.2 Å². The van der Waals surface area contributed by atoms with Crippen LogP contribution in [0.15, 0.2) is 72.8 Å². The van der Waals surface area contributed by atoms with Crippen molar-refractivity contribution in [1.82, 2.24) is 5.32 Å². The molecule has 3 rings (SSSR count). The first kappa shape index (κ1) is 26.7. The molecule has 0 fully saturated rings. The lowest BCUT2D eigenvalue weighted by molar-refractivity contribution is -0.133. The van der Waals surface area contributed by atoms with Gasteiger partial charge in [0.1, 0.15) is 30.5 Å². The average Bonchev–Trinajstić information content (AvgIpc) is 2.90. The first-order valence-electron chi connectivity index (χ1n) is 11.4. The quantitative estimate of drug-likeness (QED) is 0.168. The van der Waals surface area contributed by atoms with Gasteiger partial charge in [0.05, 0.1) is 19.8 Å². The molecule has 8 heteroatoms. The van der Waals surface area contributed by atoms with Gasteiger partial charge in [-0.15, -0.1) is 0 Å². The van der Waals surface area contributed by atoms with E-state index in [9.17, 15) is 14.3 Å². The van der Waals surface area contributed by atoms with Gasteiger partial charge in [0.25, 0.3) is 0 Å². The molecule has 0 amide bonds. The predicted octanol–water partition coefficient (Wildman–Crippen LogP) is 4.30. The summed E-state index contributed by atoms with van der Waals surface area (Å²) in [4.78, 5) is 12.2. The maximum Gasteiger partial charge on any atom is 0.338 e. The fourth-order valence-corrected chi connectivity index (χ4v) is 3.36. The number of aliphatic hydroxyl groups excluding tert-OH is 1. The fraction of sp³-hybridized carbons (Fsp3) is 0.250. The van der Waals surface area contributed by atoms with E-state index in [4.69, 9.17) is 18.9 Å². The van der Waals surface area contributed by atoms with Gasteiger partial charge >= 0.3 is 5.97 Å². The molecule has 2 N–H and O–H groups in total. The molecule has 2 atom stereocenters.